The molecule has 1 saturated carbocycles. The molecular formula is C16H33N3. The molecule has 3 heteroatoms. The normalized spacial score (nSPS) is 37.1. The van der Waals surface area contributed by atoms with Crippen LogP contribution in [0.2, 0.25) is 0 Å². The maximum Gasteiger partial charge on any atom is 0.0254 e. The first kappa shape index (κ1) is 15.3. The topological polar surface area (TPSA) is 18.5 Å². The third kappa shape index (κ3) is 4.44. The van der Waals surface area contributed by atoms with Crippen LogP contribution in [0.25, 0.3) is 0 Å². The van der Waals surface area contributed by atoms with Gasteiger partial charge in [-0.25, -0.2) is 0 Å². The summed E-state index contributed by atoms with van der Waals surface area (Å²) in [7, 11) is 4.43. The van der Waals surface area contributed by atoms with Gasteiger partial charge in [0, 0.05) is 38.3 Å². The Kier molecular flexibility index (Phi) is 5.67. The highest BCUT2D eigenvalue weighted by molar-refractivity contribution is 4.87. The van der Waals surface area contributed by atoms with Gasteiger partial charge < -0.3 is 15.1 Å². The predicted molar refractivity (Wildman–Crippen MR) is 82.5 cm³/mol. The summed E-state index contributed by atoms with van der Waals surface area (Å²) in [5.41, 5.74) is 0. The maximum atomic E-state index is 3.78. The van der Waals surface area contributed by atoms with Gasteiger partial charge in [0.25, 0.3) is 0 Å². The molecule has 0 radical (unpaired) electrons. The lowest BCUT2D eigenvalue weighted by molar-refractivity contribution is 0.247. The Morgan fingerprint density at radius 3 is 2.58 bits per heavy atom. The van der Waals surface area contributed by atoms with Gasteiger partial charge in [0.05, 0.1) is 0 Å². The van der Waals surface area contributed by atoms with Gasteiger partial charge in [-0.3, -0.25) is 0 Å². The number of hydrogen-bond acceptors (Lipinski definition) is 3. The Balaban J connectivity index is 1.64. The zero-order chi connectivity index (χ0) is 13.8. The van der Waals surface area contributed by atoms with Gasteiger partial charge in [0.1, 0.15) is 0 Å². The van der Waals surface area contributed by atoms with Crippen molar-refractivity contribution in [3.05, 3.63) is 0 Å². The van der Waals surface area contributed by atoms with Crippen molar-refractivity contribution in [1.82, 2.24) is 15.1 Å². The quantitative estimate of drug-likeness (QED) is 0.822. The van der Waals surface area contributed by atoms with Crippen LogP contribution in [0.3, 0.4) is 0 Å². The van der Waals surface area contributed by atoms with E-state index in [9.17, 15) is 0 Å². The van der Waals surface area contributed by atoms with Crippen LogP contribution in [0.1, 0.15) is 39.5 Å². The molecule has 1 heterocycles. The second-order valence-electron chi connectivity index (χ2n) is 7.19. The van der Waals surface area contributed by atoms with Gasteiger partial charge >= 0.3 is 0 Å². The fourth-order valence-electron chi connectivity index (χ4n) is 3.95. The van der Waals surface area contributed by atoms with E-state index in [2.05, 4.69) is 43.1 Å². The molecule has 0 spiro atoms. The largest absolute Gasteiger partial charge is 0.313 e. The van der Waals surface area contributed by atoms with Gasteiger partial charge in [-0.1, -0.05) is 26.7 Å². The molecule has 4 unspecified atom stereocenters. The zero-order valence-electron chi connectivity index (χ0n) is 13.4. The summed E-state index contributed by atoms with van der Waals surface area (Å²) < 4.78 is 0. The second-order valence-corrected chi connectivity index (χ2v) is 7.19. The molecule has 0 aromatic carbocycles. The average Bonchev–Trinajstić information content (AvgIpc) is 2.71. The van der Waals surface area contributed by atoms with Crippen LogP contribution in [-0.2, 0) is 0 Å². The lowest BCUT2D eigenvalue weighted by Gasteiger charge is -2.28. The van der Waals surface area contributed by atoms with E-state index < -0.39 is 0 Å². The van der Waals surface area contributed by atoms with Crippen molar-refractivity contribution in [3.8, 4) is 0 Å². The van der Waals surface area contributed by atoms with Crippen molar-refractivity contribution in [2.45, 2.75) is 51.6 Å². The standard InChI is InChI=1S/C16H33N3/c1-13-6-5-7-15(10-13)17-8-9-19-11-14(2)16(12-19)18(3)4/h13-17H,5-12H2,1-4H3. The van der Waals surface area contributed by atoms with Gasteiger partial charge in [-0.15, -0.1) is 0 Å². The van der Waals surface area contributed by atoms with E-state index in [-0.39, 0.29) is 0 Å². The van der Waals surface area contributed by atoms with Crippen molar-refractivity contribution in [3.63, 3.8) is 0 Å². The number of nitrogens with one attached hydrogen (secondary N) is 1. The van der Waals surface area contributed by atoms with Crippen molar-refractivity contribution in [2.75, 3.05) is 40.3 Å². The van der Waals surface area contributed by atoms with E-state index in [1.807, 2.05) is 0 Å². The molecule has 1 N–H and O–H groups in total. The molecule has 4 atom stereocenters. The van der Waals surface area contributed by atoms with Crippen molar-refractivity contribution in [1.29, 1.82) is 0 Å². The van der Waals surface area contributed by atoms with Crippen molar-refractivity contribution in [2.24, 2.45) is 11.8 Å². The van der Waals surface area contributed by atoms with Gasteiger partial charge in [0.15, 0.2) is 0 Å². The highest BCUT2D eigenvalue weighted by atomic mass is 15.2. The number of likely N-dealkylation sites (tertiary alicyclic amines) is 1. The van der Waals surface area contributed by atoms with Crippen LogP contribution in [0.5, 0.6) is 0 Å². The molecule has 0 aromatic heterocycles. The van der Waals surface area contributed by atoms with Crippen molar-refractivity contribution >= 4 is 0 Å². The van der Waals surface area contributed by atoms with E-state index in [0.717, 1.165) is 23.9 Å². The first-order valence-electron chi connectivity index (χ1n) is 8.18. The minimum Gasteiger partial charge on any atom is -0.313 e. The third-order valence-corrected chi connectivity index (χ3v) is 5.11. The van der Waals surface area contributed by atoms with Gasteiger partial charge in [0.2, 0.25) is 0 Å². The first-order valence-corrected chi connectivity index (χ1v) is 8.18. The Bertz CT molecular complexity index is 267. The molecular weight excluding hydrogens is 234 g/mol. The molecule has 1 aliphatic heterocycles. The molecule has 1 saturated heterocycles. The molecule has 2 aliphatic rings. The predicted octanol–water partition coefficient (Wildman–Crippen LogP) is 2.04. The summed E-state index contributed by atoms with van der Waals surface area (Å²) in [6.07, 6.45) is 5.63. The highest BCUT2D eigenvalue weighted by Gasteiger charge is 2.30. The SMILES string of the molecule is CC1CCCC(NCCN2CC(C)C(N(C)C)C2)C1. The molecule has 3 nitrogen and oxygen atoms in total. The minimum atomic E-state index is 0.745. The molecule has 0 amide bonds. The van der Waals surface area contributed by atoms with Crippen LogP contribution in [0.4, 0.5) is 0 Å². The van der Waals surface area contributed by atoms with E-state index in [1.165, 1.54) is 51.9 Å². The average molecular weight is 267 g/mol. The Morgan fingerprint density at radius 1 is 1.16 bits per heavy atom. The number of rotatable bonds is 5. The molecule has 19 heavy (non-hydrogen) atoms. The second kappa shape index (κ2) is 7.05. The molecule has 0 aromatic rings. The van der Waals surface area contributed by atoms with Crippen LogP contribution in [0, 0.1) is 11.8 Å². The summed E-state index contributed by atoms with van der Waals surface area (Å²) >= 11 is 0. The third-order valence-electron chi connectivity index (χ3n) is 5.11. The fourth-order valence-corrected chi connectivity index (χ4v) is 3.95. The van der Waals surface area contributed by atoms with Crippen LogP contribution >= 0.6 is 0 Å². The Hall–Kier alpha value is -0.120. The maximum absolute atomic E-state index is 3.78. The number of nitrogens with zero attached hydrogens (tertiary/aromatic N) is 2. The summed E-state index contributed by atoms with van der Waals surface area (Å²) in [6, 6.07) is 1.53. The minimum absolute atomic E-state index is 0.745. The Morgan fingerprint density at radius 2 is 1.95 bits per heavy atom. The number of likely N-dealkylation sites (N-methyl/N-ethyl adjacent to an activating group) is 1. The van der Waals surface area contributed by atoms with Crippen LogP contribution < -0.4 is 5.32 Å². The molecule has 2 fully saturated rings. The molecule has 1 aliphatic carbocycles. The Labute approximate surface area is 119 Å². The molecule has 2 rings (SSSR count). The lowest BCUT2D eigenvalue weighted by atomic mass is 9.87. The van der Waals surface area contributed by atoms with Gasteiger partial charge in [-0.2, -0.15) is 0 Å². The van der Waals surface area contributed by atoms with E-state index in [4.69, 9.17) is 0 Å². The first-order chi connectivity index (χ1) is 9.06. The van der Waals surface area contributed by atoms with Crippen LogP contribution in [-0.4, -0.2) is 62.2 Å². The highest BCUT2D eigenvalue weighted by Crippen LogP contribution is 2.23. The molecule has 112 valence electrons. The van der Waals surface area contributed by atoms with E-state index in [1.54, 1.807) is 0 Å². The molecule has 0 bridgehead atoms. The summed E-state index contributed by atoms with van der Waals surface area (Å²) in [5, 5.41) is 3.78. The fraction of sp³-hybridized carbons (Fsp3) is 1.00. The van der Waals surface area contributed by atoms with Gasteiger partial charge in [-0.05, 0) is 38.8 Å². The van der Waals surface area contributed by atoms with E-state index in [0.29, 0.717) is 0 Å². The number of hydrogen-bond donors (Lipinski definition) is 1. The monoisotopic (exact) mass is 267 g/mol. The summed E-state index contributed by atoms with van der Waals surface area (Å²) in [4.78, 5) is 5.02. The van der Waals surface area contributed by atoms with E-state index >= 15 is 0 Å². The van der Waals surface area contributed by atoms with Crippen molar-refractivity contribution < 1.29 is 0 Å². The summed E-state index contributed by atoms with van der Waals surface area (Å²) in [6.45, 7) is 9.70. The lowest BCUT2D eigenvalue weighted by Crippen LogP contribution is -2.39. The summed E-state index contributed by atoms with van der Waals surface area (Å²) in [5.74, 6) is 1.74. The zero-order valence-corrected chi connectivity index (χ0v) is 13.4. The smallest absolute Gasteiger partial charge is 0.0254 e. The van der Waals surface area contributed by atoms with Crippen LogP contribution in [0.15, 0.2) is 0 Å².